The lowest BCUT2D eigenvalue weighted by Gasteiger charge is -2.33. The molecule has 1 N–H and O–H groups in total. The quantitative estimate of drug-likeness (QED) is 0.786. The number of nitrogens with one attached hydrogen (secondary N) is 1. The van der Waals surface area contributed by atoms with E-state index in [4.69, 9.17) is 4.74 Å². The second-order valence-electron chi connectivity index (χ2n) is 6.94. The number of hydrogen-bond donors (Lipinski definition) is 1. The second kappa shape index (κ2) is 8.76. The fraction of sp³-hybridized carbons (Fsp3) is 0.722. The highest BCUT2D eigenvalue weighted by molar-refractivity contribution is 7.11. The zero-order chi connectivity index (χ0) is 17.6. The predicted octanol–water partition coefficient (Wildman–Crippen LogP) is 2.38. The van der Waals surface area contributed by atoms with E-state index in [-0.39, 0.29) is 17.9 Å². The minimum atomic E-state index is -0.193. The Bertz CT molecular complexity index is 590. The van der Waals surface area contributed by atoms with Crippen molar-refractivity contribution in [1.29, 1.82) is 0 Å². The first-order chi connectivity index (χ1) is 12.1. The first-order valence-corrected chi connectivity index (χ1v) is 10.1. The summed E-state index contributed by atoms with van der Waals surface area (Å²) in [6.45, 7) is 4.97. The summed E-state index contributed by atoms with van der Waals surface area (Å²) in [6, 6.07) is 0. The maximum Gasteiger partial charge on any atom is 0.263 e. The second-order valence-corrected chi connectivity index (χ2v) is 7.79. The highest BCUT2D eigenvalue weighted by atomic mass is 32.1. The van der Waals surface area contributed by atoms with Crippen LogP contribution < -0.4 is 5.32 Å². The lowest BCUT2D eigenvalue weighted by molar-refractivity contribution is -0.142. The van der Waals surface area contributed by atoms with Crippen molar-refractivity contribution in [3.05, 3.63) is 16.1 Å². The van der Waals surface area contributed by atoms with Gasteiger partial charge in [-0.15, -0.1) is 11.3 Å². The molecule has 6 nitrogen and oxygen atoms in total. The van der Waals surface area contributed by atoms with Gasteiger partial charge in [-0.2, -0.15) is 0 Å². The van der Waals surface area contributed by atoms with Crippen LogP contribution in [0.25, 0.3) is 0 Å². The molecule has 2 amide bonds. The van der Waals surface area contributed by atoms with Crippen LogP contribution in [0.5, 0.6) is 0 Å². The lowest BCUT2D eigenvalue weighted by atomic mass is 9.92. The summed E-state index contributed by atoms with van der Waals surface area (Å²) < 4.78 is 5.50. The van der Waals surface area contributed by atoms with E-state index in [1.54, 1.807) is 5.51 Å². The number of piperidine rings is 1. The van der Waals surface area contributed by atoms with Gasteiger partial charge in [0.15, 0.2) is 0 Å². The molecule has 1 atom stereocenters. The van der Waals surface area contributed by atoms with E-state index in [9.17, 15) is 9.59 Å². The van der Waals surface area contributed by atoms with E-state index < -0.39 is 0 Å². The zero-order valence-corrected chi connectivity index (χ0v) is 15.6. The van der Waals surface area contributed by atoms with Crippen LogP contribution in [-0.2, 0) is 9.53 Å². The van der Waals surface area contributed by atoms with Gasteiger partial charge < -0.3 is 15.0 Å². The van der Waals surface area contributed by atoms with Gasteiger partial charge in [0, 0.05) is 26.2 Å². The van der Waals surface area contributed by atoms with E-state index in [1.807, 2.05) is 11.8 Å². The van der Waals surface area contributed by atoms with Gasteiger partial charge in [-0.1, -0.05) is 0 Å². The number of aromatic nitrogens is 1. The van der Waals surface area contributed by atoms with Gasteiger partial charge >= 0.3 is 0 Å². The van der Waals surface area contributed by atoms with Crippen LogP contribution in [0.4, 0.5) is 0 Å². The van der Waals surface area contributed by atoms with Crippen molar-refractivity contribution in [2.24, 2.45) is 5.92 Å². The molecule has 0 saturated carbocycles. The molecular weight excluding hydrogens is 338 g/mol. The third kappa shape index (κ3) is 4.79. The van der Waals surface area contributed by atoms with E-state index in [2.05, 4.69) is 10.3 Å². The molecule has 1 unspecified atom stereocenters. The Balaban J connectivity index is 1.31. The predicted molar refractivity (Wildman–Crippen MR) is 96.7 cm³/mol. The normalized spacial score (nSPS) is 21.5. The standard InChI is InChI=1S/C18H27N3O3S/c1-13-16(25-12-20-13)17(22)19-8-2-4-14-6-9-21(10-7-14)18(23)15-5-3-11-24-15/h12,14-15H,2-11H2,1H3,(H,19,22). The van der Waals surface area contributed by atoms with Crippen LogP contribution in [-0.4, -0.2) is 54.0 Å². The Morgan fingerprint density at radius 1 is 1.36 bits per heavy atom. The Hall–Kier alpha value is -1.47. The van der Waals surface area contributed by atoms with Crippen LogP contribution in [0.1, 0.15) is 53.9 Å². The molecule has 7 heteroatoms. The van der Waals surface area contributed by atoms with Crippen molar-refractivity contribution in [3.63, 3.8) is 0 Å². The minimum absolute atomic E-state index is 0.0167. The molecule has 25 heavy (non-hydrogen) atoms. The third-order valence-corrected chi connectivity index (χ3v) is 6.09. The van der Waals surface area contributed by atoms with Crippen LogP contribution in [0.3, 0.4) is 0 Å². The number of likely N-dealkylation sites (tertiary alicyclic amines) is 1. The van der Waals surface area contributed by atoms with Gasteiger partial charge in [0.1, 0.15) is 11.0 Å². The summed E-state index contributed by atoms with van der Waals surface area (Å²) in [5, 5.41) is 2.98. The Morgan fingerprint density at radius 3 is 2.80 bits per heavy atom. The summed E-state index contributed by atoms with van der Waals surface area (Å²) in [4.78, 5) is 31.1. The highest BCUT2D eigenvalue weighted by Gasteiger charge is 2.30. The number of carbonyl (C=O) groups excluding carboxylic acids is 2. The van der Waals surface area contributed by atoms with Gasteiger partial charge in [0.25, 0.3) is 11.8 Å². The van der Waals surface area contributed by atoms with Gasteiger partial charge in [-0.05, 0) is 51.4 Å². The summed E-state index contributed by atoms with van der Waals surface area (Å²) in [6.07, 6.45) is 5.87. The lowest BCUT2D eigenvalue weighted by Crippen LogP contribution is -2.43. The molecular formula is C18H27N3O3S. The summed E-state index contributed by atoms with van der Waals surface area (Å²) >= 11 is 1.39. The molecule has 0 spiro atoms. The summed E-state index contributed by atoms with van der Waals surface area (Å²) in [5.74, 6) is 0.815. The number of rotatable bonds is 6. The van der Waals surface area contributed by atoms with Crippen LogP contribution in [0.15, 0.2) is 5.51 Å². The smallest absolute Gasteiger partial charge is 0.263 e. The van der Waals surface area contributed by atoms with E-state index in [1.165, 1.54) is 11.3 Å². The molecule has 3 heterocycles. The van der Waals surface area contributed by atoms with Crippen molar-refractivity contribution in [3.8, 4) is 0 Å². The molecule has 0 radical (unpaired) electrons. The monoisotopic (exact) mass is 365 g/mol. The molecule has 1 aromatic heterocycles. The maximum atomic E-state index is 12.3. The molecule has 2 fully saturated rings. The Labute approximate surface area is 153 Å². The molecule has 0 bridgehead atoms. The molecule has 2 aliphatic rings. The zero-order valence-electron chi connectivity index (χ0n) is 14.8. The van der Waals surface area contributed by atoms with Crippen LogP contribution in [0, 0.1) is 12.8 Å². The topological polar surface area (TPSA) is 71.5 Å². The van der Waals surface area contributed by atoms with Crippen LogP contribution >= 0.6 is 11.3 Å². The Morgan fingerprint density at radius 2 is 2.16 bits per heavy atom. The number of hydrogen-bond acceptors (Lipinski definition) is 5. The molecule has 1 aromatic rings. The average Bonchev–Trinajstić information content (AvgIpc) is 3.30. The van der Waals surface area contributed by atoms with Crippen molar-refractivity contribution >= 4 is 23.2 Å². The molecule has 3 rings (SSSR count). The SMILES string of the molecule is Cc1ncsc1C(=O)NCCCC1CCN(C(=O)C2CCCO2)CC1. The van der Waals surface area contributed by atoms with Gasteiger partial charge in [-0.3, -0.25) is 9.59 Å². The van der Waals surface area contributed by atoms with Crippen molar-refractivity contribution in [1.82, 2.24) is 15.2 Å². The van der Waals surface area contributed by atoms with Crippen molar-refractivity contribution < 1.29 is 14.3 Å². The number of ether oxygens (including phenoxy) is 1. The van der Waals surface area contributed by atoms with Gasteiger partial charge in [-0.25, -0.2) is 4.98 Å². The number of carbonyl (C=O) groups is 2. The fourth-order valence-corrected chi connectivity index (χ4v) is 4.33. The highest BCUT2D eigenvalue weighted by Crippen LogP contribution is 2.24. The van der Waals surface area contributed by atoms with Gasteiger partial charge in [0.2, 0.25) is 0 Å². The van der Waals surface area contributed by atoms with E-state index >= 15 is 0 Å². The number of amides is 2. The number of aryl methyl sites for hydroxylation is 1. The average molecular weight is 365 g/mol. The number of nitrogens with zero attached hydrogens (tertiary/aromatic N) is 2. The fourth-order valence-electron chi connectivity index (χ4n) is 3.61. The minimum Gasteiger partial charge on any atom is -0.368 e. The first kappa shape index (κ1) is 18.3. The molecule has 138 valence electrons. The number of thiazole rings is 1. The first-order valence-electron chi connectivity index (χ1n) is 9.24. The van der Waals surface area contributed by atoms with Crippen molar-refractivity contribution in [2.45, 2.75) is 51.6 Å². The largest absolute Gasteiger partial charge is 0.368 e. The molecule has 0 aromatic carbocycles. The third-order valence-electron chi connectivity index (χ3n) is 5.16. The maximum absolute atomic E-state index is 12.3. The summed E-state index contributed by atoms with van der Waals surface area (Å²) in [7, 11) is 0. The molecule has 2 saturated heterocycles. The molecule has 0 aliphatic carbocycles. The molecule has 2 aliphatic heterocycles. The van der Waals surface area contributed by atoms with Crippen molar-refractivity contribution in [2.75, 3.05) is 26.2 Å². The van der Waals surface area contributed by atoms with E-state index in [0.29, 0.717) is 17.3 Å². The van der Waals surface area contributed by atoms with E-state index in [0.717, 1.165) is 63.9 Å². The summed E-state index contributed by atoms with van der Waals surface area (Å²) in [5.41, 5.74) is 2.50. The van der Waals surface area contributed by atoms with Gasteiger partial charge in [0.05, 0.1) is 11.2 Å². The Kier molecular flexibility index (Phi) is 6.42. The van der Waals surface area contributed by atoms with Crippen LogP contribution in [0.2, 0.25) is 0 Å².